The summed E-state index contributed by atoms with van der Waals surface area (Å²) < 4.78 is 4.83. The van der Waals surface area contributed by atoms with Crippen molar-refractivity contribution >= 4 is 0 Å². The van der Waals surface area contributed by atoms with E-state index in [4.69, 9.17) is 10.3 Å². The van der Waals surface area contributed by atoms with Gasteiger partial charge in [0.15, 0.2) is 0 Å². The lowest BCUT2D eigenvalue weighted by Gasteiger charge is -1.92. The van der Waals surface area contributed by atoms with Gasteiger partial charge < -0.3 is 10.3 Å². The fourth-order valence-corrected chi connectivity index (χ4v) is 0.937. The standard InChI is InChI=1S/C8H9N5O/c1-5-3-10-7(11-4-5)8-12-6(2-9)14-13-8/h3-4H,2,9H2,1H3. The molecule has 0 saturated carbocycles. The lowest BCUT2D eigenvalue weighted by atomic mass is 10.4. The summed E-state index contributed by atoms with van der Waals surface area (Å²) in [4.78, 5) is 12.1. The predicted molar refractivity (Wildman–Crippen MR) is 48.0 cm³/mol. The Labute approximate surface area is 80.2 Å². The van der Waals surface area contributed by atoms with Gasteiger partial charge in [0.05, 0.1) is 6.54 Å². The van der Waals surface area contributed by atoms with E-state index in [1.54, 1.807) is 12.4 Å². The molecule has 0 aromatic carbocycles. The summed E-state index contributed by atoms with van der Waals surface area (Å²) in [5, 5.41) is 3.70. The van der Waals surface area contributed by atoms with Crippen LogP contribution < -0.4 is 5.73 Å². The van der Waals surface area contributed by atoms with Crippen LogP contribution in [0, 0.1) is 6.92 Å². The van der Waals surface area contributed by atoms with Crippen molar-refractivity contribution in [3.63, 3.8) is 0 Å². The van der Waals surface area contributed by atoms with Gasteiger partial charge in [-0.3, -0.25) is 0 Å². The normalized spacial score (nSPS) is 10.4. The molecule has 0 saturated heterocycles. The molecule has 2 rings (SSSR count). The highest BCUT2D eigenvalue weighted by molar-refractivity contribution is 5.40. The number of hydrogen-bond acceptors (Lipinski definition) is 6. The number of nitrogens with two attached hydrogens (primary N) is 1. The lowest BCUT2D eigenvalue weighted by molar-refractivity contribution is 0.380. The number of aromatic nitrogens is 4. The van der Waals surface area contributed by atoms with E-state index >= 15 is 0 Å². The van der Waals surface area contributed by atoms with Crippen LogP contribution in [0.25, 0.3) is 11.6 Å². The molecule has 0 bridgehead atoms. The van der Waals surface area contributed by atoms with Crippen LogP contribution in [0.1, 0.15) is 11.5 Å². The maximum atomic E-state index is 5.33. The molecule has 6 heteroatoms. The molecule has 0 unspecified atom stereocenters. The Kier molecular flexibility index (Phi) is 2.19. The maximum Gasteiger partial charge on any atom is 0.240 e. The summed E-state index contributed by atoms with van der Waals surface area (Å²) in [5.74, 6) is 1.19. The summed E-state index contributed by atoms with van der Waals surface area (Å²) in [6.45, 7) is 2.13. The van der Waals surface area contributed by atoms with E-state index in [1.165, 1.54) is 0 Å². The largest absolute Gasteiger partial charge is 0.337 e. The van der Waals surface area contributed by atoms with E-state index in [2.05, 4.69) is 20.1 Å². The molecule has 2 aromatic heterocycles. The Morgan fingerprint density at radius 2 is 2.00 bits per heavy atom. The molecule has 2 heterocycles. The topological polar surface area (TPSA) is 90.7 Å². The summed E-state index contributed by atoms with van der Waals surface area (Å²) in [7, 11) is 0. The van der Waals surface area contributed by atoms with Crippen LogP contribution in [-0.2, 0) is 6.54 Å². The van der Waals surface area contributed by atoms with Gasteiger partial charge in [0.2, 0.25) is 17.5 Å². The van der Waals surface area contributed by atoms with Gasteiger partial charge in [-0.25, -0.2) is 9.97 Å². The third kappa shape index (κ3) is 1.60. The highest BCUT2D eigenvalue weighted by Crippen LogP contribution is 2.09. The minimum Gasteiger partial charge on any atom is -0.337 e. The molecule has 14 heavy (non-hydrogen) atoms. The van der Waals surface area contributed by atoms with Gasteiger partial charge in [0, 0.05) is 12.4 Å². The minimum absolute atomic E-state index is 0.221. The molecule has 0 aliphatic heterocycles. The van der Waals surface area contributed by atoms with Gasteiger partial charge in [-0.1, -0.05) is 5.16 Å². The summed E-state index contributed by atoms with van der Waals surface area (Å²) in [6.07, 6.45) is 3.39. The van der Waals surface area contributed by atoms with Crippen LogP contribution in [0.5, 0.6) is 0 Å². The van der Waals surface area contributed by atoms with Crippen molar-refractivity contribution in [2.75, 3.05) is 0 Å². The Hall–Kier alpha value is -1.82. The molecule has 0 radical (unpaired) electrons. The van der Waals surface area contributed by atoms with E-state index in [9.17, 15) is 0 Å². The average molecular weight is 191 g/mol. The van der Waals surface area contributed by atoms with Crippen molar-refractivity contribution < 1.29 is 4.52 Å². The first-order valence-corrected chi connectivity index (χ1v) is 4.11. The Balaban J connectivity index is 2.34. The molecule has 0 aliphatic carbocycles. The van der Waals surface area contributed by atoms with Crippen molar-refractivity contribution in [2.45, 2.75) is 13.5 Å². The molecule has 0 amide bonds. The van der Waals surface area contributed by atoms with E-state index in [0.29, 0.717) is 17.5 Å². The van der Waals surface area contributed by atoms with Crippen LogP contribution in [0.2, 0.25) is 0 Å². The van der Waals surface area contributed by atoms with Crippen molar-refractivity contribution in [3.05, 3.63) is 23.8 Å². The smallest absolute Gasteiger partial charge is 0.240 e. The maximum absolute atomic E-state index is 5.33. The number of nitrogens with zero attached hydrogens (tertiary/aromatic N) is 4. The molecule has 0 spiro atoms. The summed E-state index contributed by atoms with van der Waals surface area (Å²) in [6, 6.07) is 0. The van der Waals surface area contributed by atoms with Gasteiger partial charge in [-0.15, -0.1) is 0 Å². The monoisotopic (exact) mass is 191 g/mol. The number of rotatable bonds is 2. The van der Waals surface area contributed by atoms with E-state index in [-0.39, 0.29) is 6.54 Å². The zero-order chi connectivity index (χ0) is 9.97. The Morgan fingerprint density at radius 1 is 1.29 bits per heavy atom. The van der Waals surface area contributed by atoms with Gasteiger partial charge in [-0.2, -0.15) is 4.98 Å². The van der Waals surface area contributed by atoms with E-state index < -0.39 is 0 Å². The Morgan fingerprint density at radius 3 is 2.57 bits per heavy atom. The van der Waals surface area contributed by atoms with Crippen LogP contribution >= 0.6 is 0 Å². The van der Waals surface area contributed by atoms with E-state index in [1.807, 2.05) is 6.92 Å². The quantitative estimate of drug-likeness (QED) is 0.733. The molecule has 6 nitrogen and oxygen atoms in total. The molecule has 0 atom stereocenters. The van der Waals surface area contributed by atoms with Crippen LogP contribution in [-0.4, -0.2) is 20.1 Å². The SMILES string of the molecule is Cc1cnc(-c2noc(CN)n2)nc1. The van der Waals surface area contributed by atoms with Gasteiger partial charge in [0.25, 0.3) is 0 Å². The average Bonchev–Trinajstić information content (AvgIpc) is 2.67. The second-order valence-electron chi connectivity index (χ2n) is 2.80. The second kappa shape index (κ2) is 3.51. The van der Waals surface area contributed by atoms with E-state index in [0.717, 1.165) is 5.56 Å². The molecular formula is C8H9N5O. The molecular weight excluding hydrogens is 182 g/mol. The van der Waals surface area contributed by atoms with Gasteiger partial charge in [-0.05, 0) is 12.5 Å². The predicted octanol–water partition coefficient (Wildman–Crippen LogP) is 0.294. The lowest BCUT2D eigenvalue weighted by Crippen LogP contribution is -1.96. The Bertz CT molecular complexity index is 422. The van der Waals surface area contributed by atoms with Crippen LogP contribution in [0.3, 0.4) is 0 Å². The first-order valence-electron chi connectivity index (χ1n) is 4.11. The summed E-state index contributed by atoms with van der Waals surface area (Å²) >= 11 is 0. The third-order valence-corrected chi connectivity index (χ3v) is 1.62. The van der Waals surface area contributed by atoms with Gasteiger partial charge >= 0.3 is 0 Å². The third-order valence-electron chi connectivity index (χ3n) is 1.62. The van der Waals surface area contributed by atoms with Crippen molar-refractivity contribution in [3.8, 4) is 11.6 Å². The first-order chi connectivity index (χ1) is 6.79. The van der Waals surface area contributed by atoms with Crippen LogP contribution in [0.15, 0.2) is 16.9 Å². The highest BCUT2D eigenvalue weighted by Gasteiger charge is 2.08. The zero-order valence-corrected chi connectivity index (χ0v) is 7.64. The second-order valence-corrected chi connectivity index (χ2v) is 2.80. The van der Waals surface area contributed by atoms with Crippen molar-refractivity contribution in [1.29, 1.82) is 0 Å². The fraction of sp³-hybridized carbons (Fsp3) is 0.250. The molecule has 72 valence electrons. The first kappa shape index (κ1) is 8.76. The molecule has 2 N–H and O–H groups in total. The summed E-state index contributed by atoms with van der Waals surface area (Å²) in [5.41, 5.74) is 6.31. The molecule has 2 aromatic rings. The van der Waals surface area contributed by atoms with Gasteiger partial charge in [0.1, 0.15) is 0 Å². The number of aryl methyl sites for hydroxylation is 1. The number of hydrogen-bond donors (Lipinski definition) is 1. The highest BCUT2D eigenvalue weighted by atomic mass is 16.5. The zero-order valence-electron chi connectivity index (χ0n) is 7.64. The van der Waals surface area contributed by atoms with Crippen LogP contribution in [0.4, 0.5) is 0 Å². The minimum atomic E-state index is 0.221. The molecule has 0 fully saturated rings. The van der Waals surface area contributed by atoms with Crippen molar-refractivity contribution in [2.24, 2.45) is 5.73 Å². The molecule has 0 aliphatic rings. The fourth-order valence-electron chi connectivity index (χ4n) is 0.937. The van der Waals surface area contributed by atoms with Crippen molar-refractivity contribution in [1.82, 2.24) is 20.1 Å².